The Morgan fingerprint density at radius 2 is 1.52 bits per heavy atom. The van der Waals surface area contributed by atoms with Crippen LogP contribution in [0.4, 0.5) is 0 Å². The lowest BCUT2D eigenvalue weighted by Crippen LogP contribution is -2.42. The van der Waals surface area contributed by atoms with Crippen molar-refractivity contribution in [2.24, 2.45) is 0 Å². The summed E-state index contributed by atoms with van der Waals surface area (Å²) in [5.41, 5.74) is 9.25. The molecule has 3 N–H and O–H groups in total. The van der Waals surface area contributed by atoms with E-state index in [-0.39, 0.29) is 17.9 Å². The maximum absolute atomic E-state index is 12.4. The van der Waals surface area contributed by atoms with Gasteiger partial charge in [0.1, 0.15) is 6.04 Å². The summed E-state index contributed by atoms with van der Waals surface area (Å²) in [6, 6.07) is 14.2. The summed E-state index contributed by atoms with van der Waals surface area (Å²) in [5, 5.41) is 2.81. The molecule has 1 aliphatic rings. The van der Waals surface area contributed by atoms with E-state index in [1.807, 2.05) is 50.2 Å². The number of rotatable bonds is 3. The summed E-state index contributed by atoms with van der Waals surface area (Å²) >= 11 is 0. The highest BCUT2D eigenvalue weighted by Crippen LogP contribution is 2.21. The van der Waals surface area contributed by atoms with Crippen molar-refractivity contribution >= 4 is 11.8 Å². The van der Waals surface area contributed by atoms with Gasteiger partial charge in [-0.15, -0.1) is 0 Å². The first-order valence-corrected chi connectivity index (χ1v) is 7.54. The van der Waals surface area contributed by atoms with Gasteiger partial charge in [0.25, 0.3) is 11.8 Å². The van der Waals surface area contributed by atoms with Gasteiger partial charge in [0.2, 0.25) is 0 Å². The first-order chi connectivity index (χ1) is 11.0. The van der Waals surface area contributed by atoms with Crippen molar-refractivity contribution in [3.63, 3.8) is 0 Å². The maximum Gasteiger partial charge on any atom is 0.258 e. The number of nitrogens with one attached hydrogen (secondary N) is 3. The standard InChI is InChI=1S/C18H19N3O2/c1-11-3-7-13(8-4-11)15-16(18(23)21-20-15)19-17(22)14-9-5-12(2)6-10-14/h3-10,15-16,20H,1-2H3,(H,19,22)(H,21,23)/t15-,16+/m1/s1. The second-order valence-electron chi connectivity index (χ2n) is 5.84. The van der Waals surface area contributed by atoms with Crippen LogP contribution in [0.3, 0.4) is 0 Å². The highest BCUT2D eigenvalue weighted by atomic mass is 16.2. The minimum absolute atomic E-state index is 0.240. The van der Waals surface area contributed by atoms with E-state index in [0.29, 0.717) is 5.56 Å². The van der Waals surface area contributed by atoms with Gasteiger partial charge in [-0.3, -0.25) is 15.0 Å². The van der Waals surface area contributed by atoms with E-state index in [0.717, 1.165) is 16.7 Å². The van der Waals surface area contributed by atoms with E-state index >= 15 is 0 Å². The quantitative estimate of drug-likeness (QED) is 0.809. The molecule has 2 aromatic rings. The fourth-order valence-electron chi connectivity index (χ4n) is 2.59. The molecule has 0 saturated carbocycles. The van der Waals surface area contributed by atoms with Crippen molar-refractivity contribution in [3.05, 3.63) is 70.8 Å². The SMILES string of the molecule is Cc1ccc(C(=O)N[C@@H]2C(=O)NN[C@@H]2c2ccc(C)cc2)cc1. The number of hydrogen-bond acceptors (Lipinski definition) is 3. The number of hydrazine groups is 1. The minimum atomic E-state index is -0.647. The summed E-state index contributed by atoms with van der Waals surface area (Å²) in [7, 11) is 0. The van der Waals surface area contributed by atoms with Gasteiger partial charge < -0.3 is 5.32 Å². The monoisotopic (exact) mass is 309 g/mol. The van der Waals surface area contributed by atoms with Crippen molar-refractivity contribution in [3.8, 4) is 0 Å². The average molecular weight is 309 g/mol. The zero-order valence-electron chi connectivity index (χ0n) is 13.1. The fraction of sp³-hybridized carbons (Fsp3) is 0.222. The van der Waals surface area contributed by atoms with Crippen LogP contribution in [0.25, 0.3) is 0 Å². The molecule has 2 atom stereocenters. The number of benzene rings is 2. The topological polar surface area (TPSA) is 70.2 Å². The van der Waals surface area contributed by atoms with E-state index in [1.54, 1.807) is 12.1 Å². The molecule has 23 heavy (non-hydrogen) atoms. The Bertz CT molecular complexity index is 723. The summed E-state index contributed by atoms with van der Waals surface area (Å²) in [5.74, 6) is -0.498. The lowest BCUT2D eigenvalue weighted by atomic mass is 9.99. The predicted octanol–water partition coefficient (Wildman–Crippen LogP) is 1.78. The van der Waals surface area contributed by atoms with Crippen molar-refractivity contribution in [2.45, 2.75) is 25.9 Å². The van der Waals surface area contributed by atoms with Crippen LogP contribution in [0.5, 0.6) is 0 Å². The van der Waals surface area contributed by atoms with Crippen LogP contribution in [-0.4, -0.2) is 17.9 Å². The van der Waals surface area contributed by atoms with Gasteiger partial charge >= 0.3 is 0 Å². The molecule has 0 bridgehead atoms. The van der Waals surface area contributed by atoms with E-state index < -0.39 is 6.04 Å². The fourth-order valence-corrected chi connectivity index (χ4v) is 2.59. The third kappa shape index (κ3) is 3.24. The van der Waals surface area contributed by atoms with Gasteiger partial charge in [-0.05, 0) is 31.5 Å². The Hall–Kier alpha value is -2.66. The third-order valence-corrected chi connectivity index (χ3v) is 4.00. The Labute approximate surface area is 135 Å². The van der Waals surface area contributed by atoms with Crippen LogP contribution in [-0.2, 0) is 4.79 Å². The number of amides is 2. The molecule has 1 heterocycles. The second kappa shape index (κ2) is 6.22. The molecule has 1 fully saturated rings. The van der Waals surface area contributed by atoms with Crippen LogP contribution in [0.2, 0.25) is 0 Å². The van der Waals surface area contributed by atoms with E-state index in [4.69, 9.17) is 0 Å². The Morgan fingerprint density at radius 1 is 0.957 bits per heavy atom. The van der Waals surface area contributed by atoms with Crippen LogP contribution in [0.1, 0.15) is 33.1 Å². The van der Waals surface area contributed by atoms with Crippen LogP contribution >= 0.6 is 0 Å². The summed E-state index contributed by atoms with van der Waals surface area (Å²) in [6.45, 7) is 3.97. The second-order valence-corrected chi connectivity index (χ2v) is 5.84. The minimum Gasteiger partial charge on any atom is -0.338 e. The van der Waals surface area contributed by atoms with E-state index in [9.17, 15) is 9.59 Å². The smallest absolute Gasteiger partial charge is 0.258 e. The normalized spacial score (nSPS) is 20.2. The number of carbonyl (C=O) groups excluding carboxylic acids is 2. The first-order valence-electron chi connectivity index (χ1n) is 7.54. The van der Waals surface area contributed by atoms with Crippen LogP contribution in [0.15, 0.2) is 48.5 Å². The molecule has 0 spiro atoms. The van der Waals surface area contributed by atoms with Gasteiger partial charge in [0.05, 0.1) is 6.04 Å². The highest BCUT2D eigenvalue weighted by Gasteiger charge is 2.36. The van der Waals surface area contributed by atoms with Crippen molar-refractivity contribution < 1.29 is 9.59 Å². The molecule has 1 aliphatic heterocycles. The van der Waals surface area contributed by atoms with Crippen molar-refractivity contribution in [2.75, 3.05) is 0 Å². The van der Waals surface area contributed by atoms with E-state index in [2.05, 4.69) is 16.2 Å². The molecule has 3 rings (SSSR count). The maximum atomic E-state index is 12.4. The summed E-state index contributed by atoms with van der Waals surface area (Å²) in [6.07, 6.45) is 0. The first kappa shape index (κ1) is 15.2. The van der Waals surface area contributed by atoms with E-state index in [1.165, 1.54) is 0 Å². The van der Waals surface area contributed by atoms with Gasteiger partial charge in [0, 0.05) is 5.56 Å². The number of aryl methyl sites for hydroxylation is 2. The number of carbonyl (C=O) groups is 2. The zero-order valence-corrected chi connectivity index (χ0v) is 13.1. The molecule has 0 aromatic heterocycles. The molecule has 2 amide bonds. The molecule has 5 nitrogen and oxygen atoms in total. The predicted molar refractivity (Wildman–Crippen MR) is 87.6 cm³/mol. The van der Waals surface area contributed by atoms with Crippen LogP contribution in [0, 0.1) is 13.8 Å². The van der Waals surface area contributed by atoms with Crippen LogP contribution < -0.4 is 16.2 Å². The molecule has 118 valence electrons. The Morgan fingerprint density at radius 3 is 2.13 bits per heavy atom. The molecule has 2 aromatic carbocycles. The highest BCUT2D eigenvalue weighted by molar-refractivity contribution is 5.98. The van der Waals surface area contributed by atoms with Gasteiger partial charge in [-0.2, -0.15) is 0 Å². The third-order valence-electron chi connectivity index (χ3n) is 4.00. The van der Waals surface area contributed by atoms with Gasteiger partial charge in [-0.25, -0.2) is 5.43 Å². The molecule has 1 saturated heterocycles. The molecule has 5 heteroatoms. The number of hydrogen-bond donors (Lipinski definition) is 3. The largest absolute Gasteiger partial charge is 0.338 e. The molecular weight excluding hydrogens is 290 g/mol. The summed E-state index contributed by atoms with van der Waals surface area (Å²) in [4.78, 5) is 24.4. The lowest BCUT2D eigenvalue weighted by molar-refractivity contribution is -0.121. The van der Waals surface area contributed by atoms with Gasteiger partial charge in [0.15, 0.2) is 0 Å². The molecule has 0 radical (unpaired) electrons. The summed E-state index contributed by atoms with van der Waals surface area (Å²) < 4.78 is 0. The van der Waals surface area contributed by atoms with Gasteiger partial charge in [-0.1, -0.05) is 47.5 Å². The lowest BCUT2D eigenvalue weighted by Gasteiger charge is -2.18. The molecule has 0 unspecified atom stereocenters. The molecular formula is C18H19N3O2. The Kier molecular flexibility index (Phi) is 4.12. The van der Waals surface area contributed by atoms with Crippen molar-refractivity contribution in [1.29, 1.82) is 0 Å². The van der Waals surface area contributed by atoms with Crippen molar-refractivity contribution in [1.82, 2.24) is 16.2 Å². The average Bonchev–Trinajstić information content (AvgIpc) is 2.90. The molecule has 0 aliphatic carbocycles. The Balaban J connectivity index is 1.78. The zero-order chi connectivity index (χ0) is 16.4.